The minimum Gasteiger partial charge on any atom is -0.466 e. The second-order valence-electron chi connectivity index (χ2n) is 4.18. The number of amides is 1. The van der Waals surface area contributed by atoms with Crippen LogP contribution >= 0.6 is 0 Å². The monoisotopic (exact) mass is 301 g/mol. The molecule has 0 bridgehead atoms. The number of carbonyl (C=O) groups excluding carboxylic acids is 2. The smallest absolute Gasteiger partial charge is 0.466 e. The van der Waals surface area contributed by atoms with Gasteiger partial charge in [-0.2, -0.15) is 0 Å². The van der Waals surface area contributed by atoms with E-state index in [1.165, 1.54) is 18.2 Å². The van der Waals surface area contributed by atoms with Crippen LogP contribution in [-0.2, 0) is 14.3 Å². The number of anilines is 1. The van der Waals surface area contributed by atoms with Crippen molar-refractivity contribution in [2.45, 2.75) is 26.1 Å². The molecular formula is C13H13F2NO5. The molecule has 1 aliphatic rings. The number of esters is 1. The first-order chi connectivity index (χ1) is 9.89. The molecule has 21 heavy (non-hydrogen) atoms. The number of alkyl halides is 2. The van der Waals surface area contributed by atoms with Crippen LogP contribution in [0.1, 0.15) is 19.8 Å². The van der Waals surface area contributed by atoms with Crippen LogP contribution in [0.4, 0.5) is 14.5 Å². The third-order valence-electron chi connectivity index (χ3n) is 2.55. The maximum atomic E-state index is 12.8. The Labute approximate surface area is 119 Å². The van der Waals surface area contributed by atoms with Crippen molar-refractivity contribution in [3.8, 4) is 11.5 Å². The third kappa shape index (κ3) is 4.04. The van der Waals surface area contributed by atoms with Gasteiger partial charge in [-0.25, -0.2) is 0 Å². The summed E-state index contributed by atoms with van der Waals surface area (Å²) >= 11 is 0. The van der Waals surface area contributed by atoms with Crippen molar-refractivity contribution in [1.82, 2.24) is 0 Å². The van der Waals surface area contributed by atoms with E-state index < -0.39 is 18.2 Å². The van der Waals surface area contributed by atoms with E-state index in [4.69, 9.17) is 0 Å². The fourth-order valence-electron chi connectivity index (χ4n) is 1.70. The number of carbonyl (C=O) groups is 2. The molecule has 0 spiro atoms. The molecule has 1 amide bonds. The lowest BCUT2D eigenvalue weighted by atomic mass is 10.2. The molecule has 1 aromatic carbocycles. The number of fused-ring (bicyclic) bond motifs is 1. The van der Waals surface area contributed by atoms with Gasteiger partial charge in [-0.15, -0.1) is 8.78 Å². The molecule has 0 saturated heterocycles. The normalized spacial score (nSPS) is 14.6. The highest BCUT2D eigenvalue weighted by molar-refractivity contribution is 5.92. The zero-order valence-corrected chi connectivity index (χ0v) is 11.2. The lowest BCUT2D eigenvalue weighted by molar-refractivity contribution is -0.286. The topological polar surface area (TPSA) is 73.9 Å². The number of rotatable bonds is 5. The molecule has 6 nitrogen and oxygen atoms in total. The molecule has 0 aliphatic carbocycles. The van der Waals surface area contributed by atoms with E-state index in [9.17, 15) is 18.4 Å². The second kappa shape index (κ2) is 5.94. The Morgan fingerprint density at radius 3 is 2.67 bits per heavy atom. The molecule has 114 valence electrons. The van der Waals surface area contributed by atoms with Crippen molar-refractivity contribution in [3.05, 3.63) is 18.2 Å². The van der Waals surface area contributed by atoms with Crippen LogP contribution in [0.15, 0.2) is 18.2 Å². The Hall–Kier alpha value is -2.38. The summed E-state index contributed by atoms with van der Waals surface area (Å²) in [5.74, 6) is -1.18. The highest BCUT2D eigenvalue weighted by Crippen LogP contribution is 2.42. The van der Waals surface area contributed by atoms with E-state index >= 15 is 0 Å². The average Bonchev–Trinajstić information content (AvgIpc) is 2.70. The van der Waals surface area contributed by atoms with Gasteiger partial charge in [0.25, 0.3) is 0 Å². The molecule has 0 aromatic heterocycles. The zero-order valence-electron chi connectivity index (χ0n) is 11.2. The Kier molecular flexibility index (Phi) is 4.25. The largest absolute Gasteiger partial charge is 0.586 e. The maximum Gasteiger partial charge on any atom is 0.586 e. The molecule has 1 N–H and O–H groups in total. The van der Waals surface area contributed by atoms with E-state index in [1.807, 2.05) is 0 Å². The Morgan fingerprint density at radius 2 is 1.95 bits per heavy atom. The van der Waals surface area contributed by atoms with E-state index in [-0.39, 0.29) is 36.6 Å². The second-order valence-corrected chi connectivity index (χ2v) is 4.18. The van der Waals surface area contributed by atoms with Crippen molar-refractivity contribution in [2.24, 2.45) is 0 Å². The minimum absolute atomic E-state index is 0.0533. The molecule has 0 radical (unpaired) electrons. The summed E-state index contributed by atoms with van der Waals surface area (Å²) in [6.07, 6.45) is -3.82. The van der Waals surface area contributed by atoms with Gasteiger partial charge in [-0.3, -0.25) is 9.59 Å². The lowest BCUT2D eigenvalue weighted by Crippen LogP contribution is -2.25. The molecule has 1 heterocycles. The van der Waals surface area contributed by atoms with Crippen molar-refractivity contribution in [1.29, 1.82) is 0 Å². The van der Waals surface area contributed by atoms with E-state index in [0.29, 0.717) is 0 Å². The van der Waals surface area contributed by atoms with E-state index in [1.54, 1.807) is 6.92 Å². The Morgan fingerprint density at radius 1 is 1.24 bits per heavy atom. The summed E-state index contributed by atoms with van der Waals surface area (Å²) in [4.78, 5) is 22.7. The summed E-state index contributed by atoms with van der Waals surface area (Å²) < 4.78 is 38.8. The van der Waals surface area contributed by atoms with Gasteiger partial charge in [0.1, 0.15) is 0 Å². The van der Waals surface area contributed by atoms with Gasteiger partial charge in [0.15, 0.2) is 11.5 Å². The predicted octanol–water partition coefficient (Wildman–Crippen LogP) is 2.29. The molecule has 1 aromatic rings. The van der Waals surface area contributed by atoms with Crippen LogP contribution in [0.25, 0.3) is 0 Å². The summed E-state index contributed by atoms with van der Waals surface area (Å²) in [5.41, 5.74) is 0.268. The van der Waals surface area contributed by atoms with Crippen molar-refractivity contribution in [2.75, 3.05) is 11.9 Å². The van der Waals surface area contributed by atoms with Crippen LogP contribution < -0.4 is 14.8 Å². The van der Waals surface area contributed by atoms with Gasteiger partial charge in [0, 0.05) is 18.2 Å². The maximum absolute atomic E-state index is 12.8. The zero-order chi connectivity index (χ0) is 15.5. The summed E-state index contributed by atoms with van der Waals surface area (Å²) in [6.45, 7) is 1.91. The van der Waals surface area contributed by atoms with Crippen LogP contribution in [-0.4, -0.2) is 24.8 Å². The quantitative estimate of drug-likeness (QED) is 0.845. The van der Waals surface area contributed by atoms with Crippen LogP contribution in [0.5, 0.6) is 11.5 Å². The van der Waals surface area contributed by atoms with Crippen LogP contribution in [0.3, 0.4) is 0 Å². The first-order valence-corrected chi connectivity index (χ1v) is 6.25. The van der Waals surface area contributed by atoms with Gasteiger partial charge >= 0.3 is 12.3 Å². The first-order valence-electron chi connectivity index (χ1n) is 6.25. The number of hydrogen-bond donors (Lipinski definition) is 1. The van der Waals surface area contributed by atoms with Gasteiger partial charge in [-0.1, -0.05) is 0 Å². The average molecular weight is 301 g/mol. The highest BCUT2D eigenvalue weighted by Gasteiger charge is 2.43. The number of hydrogen-bond acceptors (Lipinski definition) is 5. The first kappa shape index (κ1) is 15.0. The van der Waals surface area contributed by atoms with Crippen LogP contribution in [0, 0.1) is 0 Å². The summed E-state index contributed by atoms with van der Waals surface area (Å²) in [6, 6.07) is 3.88. The molecular weight excluding hydrogens is 288 g/mol. The molecule has 0 fully saturated rings. The molecule has 8 heteroatoms. The summed E-state index contributed by atoms with van der Waals surface area (Å²) in [7, 11) is 0. The standard InChI is InChI=1S/C13H13F2NO5/c1-2-19-12(18)6-5-11(17)16-8-3-4-9-10(7-8)21-13(14,15)20-9/h3-4,7H,2,5-6H2,1H3,(H,16,17). The SMILES string of the molecule is CCOC(=O)CCC(=O)Nc1ccc2c(c1)OC(F)(F)O2. The van der Waals surface area contributed by atoms with Crippen molar-refractivity contribution < 1.29 is 32.6 Å². The van der Waals surface area contributed by atoms with E-state index in [2.05, 4.69) is 19.5 Å². The Bertz CT molecular complexity index is 561. The lowest BCUT2D eigenvalue weighted by Gasteiger charge is -2.06. The number of nitrogens with one attached hydrogen (secondary N) is 1. The molecule has 0 atom stereocenters. The molecule has 0 saturated carbocycles. The van der Waals surface area contributed by atoms with Gasteiger partial charge in [-0.05, 0) is 19.1 Å². The van der Waals surface area contributed by atoms with Crippen molar-refractivity contribution in [3.63, 3.8) is 0 Å². The van der Waals surface area contributed by atoms with Crippen molar-refractivity contribution >= 4 is 17.6 Å². The predicted molar refractivity (Wildman–Crippen MR) is 67.1 cm³/mol. The minimum atomic E-state index is -3.70. The number of benzene rings is 1. The number of ether oxygens (including phenoxy) is 3. The Balaban J connectivity index is 1.90. The van der Waals surface area contributed by atoms with Crippen LogP contribution in [0.2, 0.25) is 0 Å². The van der Waals surface area contributed by atoms with Gasteiger partial charge < -0.3 is 19.5 Å². The number of halogens is 2. The molecule has 1 aliphatic heterocycles. The van der Waals surface area contributed by atoms with Gasteiger partial charge in [0.2, 0.25) is 5.91 Å². The summed E-state index contributed by atoms with van der Waals surface area (Å²) in [5, 5.41) is 2.47. The molecule has 2 rings (SSSR count). The highest BCUT2D eigenvalue weighted by atomic mass is 19.3. The third-order valence-corrected chi connectivity index (χ3v) is 2.55. The fourth-order valence-corrected chi connectivity index (χ4v) is 1.70. The molecule has 0 unspecified atom stereocenters. The van der Waals surface area contributed by atoms with E-state index in [0.717, 1.165) is 0 Å². The fraction of sp³-hybridized carbons (Fsp3) is 0.385. The van der Waals surface area contributed by atoms with Gasteiger partial charge in [0.05, 0.1) is 13.0 Å².